The summed E-state index contributed by atoms with van der Waals surface area (Å²) in [5.74, 6) is 0.746. The Morgan fingerprint density at radius 2 is 1.89 bits per heavy atom. The van der Waals surface area contributed by atoms with Gasteiger partial charge in [0.1, 0.15) is 11.5 Å². The van der Waals surface area contributed by atoms with E-state index in [-0.39, 0.29) is 5.69 Å². The molecule has 1 aromatic heterocycles. The maximum Gasteiger partial charge on any atom is 0.274 e. The number of anilines is 1. The van der Waals surface area contributed by atoms with Crippen LogP contribution in [0.25, 0.3) is 17.4 Å². The number of furan rings is 1. The van der Waals surface area contributed by atoms with Gasteiger partial charge < -0.3 is 9.73 Å². The third-order valence-corrected chi connectivity index (χ3v) is 4.17. The number of nitrogens with zero attached hydrogens (tertiary/aromatic N) is 1. The molecule has 0 aliphatic rings. The maximum absolute atomic E-state index is 12.1. The summed E-state index contributed by atoms with van der Waals surface area (Å²) >= 11 is 5.87. The van der Waals surface area contributed by atoms with Gasteiger partial charge in [0, 0.05) is 22.7 Å². The molecular weight excluding hydrogens is 368 g/mol. The first-order chi connectivity index (χ1) is 12.9. The summed E-state index contributed by atoms with van der Waals surface area (Å²) < 4.78 is 5.69. The molecule has 0 fully saturated rings. The molecule has 3 aromatic rings. The lowest BCUT2D eigenvalue weighted by Crippen LogP contribution is -2.09. The summed E-state index contributed by atoms with van der Waals surface area (Å²) in [5.41, 5.74) is 1.61. The molecular formula is C20H15ClN2O4. The predicted molar refractivity (Wildman–Crippen MR) is 105 cm³/mol. The fourth-order valence-electron chi connectivity index (χ4n) is 2.50. The van der Waals surface area contributed by atoms with Gasteiger partial charge in [0.05, 0.1) is 16.2 Å². The molecule has 136 valence electrons. The third-order valence-electron chi connectivity index (χ3n) is 3.91. The van der Waals surface area contributed by atoms with Crippen molar-refractivity contribution in [3.05, 3.63) is 87.1 Å². The molecule has 2 aromatic carbocycles. The minimum absolute atomic E-state index is 0.0459. The smallest absolute Gasteiger partial charge is 0.274 e. The van der Waals surface area contributed by atoms with Gasteiger partial charge in [-0.2, -0.15) is 0 Å². The number of benzene rings is 2. The number of nitro benzene ring substituents is 1. The van der Waals surface area contributed by atoms with Gasteiger partial charge in [-0.1, -0.05) is 17.7 Å². The Balaban J connectivity index is 1.70. The topological polar surface area (TPSA) is 85.4 Å². The molecule has 7 heteroatoms. The zero-order chi connectivity index (χ0) is 19.4. The largest absolute Gasteiger partial charge is 0.457 e. The van der Waals surface area contributed by atoms with E-state index in [9.17, 15) is 14.9 Å². The van der Waals surface area contributed by atoms with Gasteiger partial charge in [0.15, 0.2) is 0 Å². The zero-order valence-corrected chi connectivity index (χ0v) is 15.1. The lowest BCUT2D eigenvalue weighted by molar-refractivity contribution is -0.385. The molecule has 0 radical (unpaired) electrons. The molecule has 1 heterocycles. The van der Waals surface area contributed by atoms with Crippen molar-refractivity contribution < 1.29 is 14.1 Å². The summed E-state index contributed by atoms with van der Waals surface area (Å²) in [6, 6.07) is 15.3. The van der Waals surface area contributed by atoms with Gasteiger partial charge in [0.2, 0.25) is 5.91 Å². The molecule has 0 unspecified atom stereocenters. The Morgan fingerprint density at radius 1 is 1.15 bits per heavy atom. The van der Waals surface area contributed by atoms with Crippen LogP contribution in [0.4, 0.5) is 11.4 Å². The number of nitrogens with one attached hydrogen (secondary N) is 1. The Morgan fingerprint density at radius 3 is 2.59 bits per heavy atom. The average molecular weight is 383 g/mol. The molecule has 0 saturated carbocycles. The van der Waals surface area contributed by atoms with Crippen molar-refractivity contribution in [1.82, 2.24) is 0 Å². The van der Waals surface area contributed by atoms with E-state index in [2.05, 4.69) is 5.32 Å². The van der Waals surface area contributed by atoms with Gasteiger partial charge >= 0.3 is 0 Å². The number of carbonyl (C=O) groups excluding carboxylic acids is 1. The van der Waals surface area contributed by atoms with Gasteiger partial charge in [-0.15, -0.1) is 0 Å². The van der Waals surface area contributed by atoms with Gasteiger partial charge in [-0.25, -0.2) is 0 Å². The zero-order valence-electron chi connectivity index (χ0n) is 14.3. The van der Waals surface area contributed by atoms with Crippen molar-refractivity contribution in [3.63, 3.8) is 0 Å². The van der Waals surface area contributed by atoms with E-state index in [1.165, 1.54) is 24.3 Å². The van der Waals surface area contributed by atoms with Crippen molar-refractivity contribution in [2.45, 2.75) is 6.92 Å². The molecule has 0 atom stereocenters. The number of rotatable bonds is 5. The van der Waals surface area contributed by atoms with E-state index in [0.29, 0.717) is 27.8 Å². The van der Waals surface area contributed by atoms with Crippen LogP contribution < -0.4 is 5.32 Å². The van der Waals surface area contributed by atoms with E-state index in [1.807, 2.05) is 12.1 Å². The van der Waals surface area contributed by atoms with E-state index < -0.39 is 10.8 Å². The highest BCUT2D eigenvalue weighted by Gasteiger charge is 2.14. The molecule has 0 aliphatic carbocycles. The summed E-state index contributed by atoms with van der Waals surface area (Å²) in [6.45, 7) is 1.59. The van der Waals surface area contributed by atoms with Crippen LogP contribution in [0.5, 0.6) is 0 Å². The fraction of sp³-hybridized carbons (Fsp3) is 0.0500. The maximum atomic E-state index is 12.1. The van der Waals surface area contributed by atoms with Crippen molar-refractivity contribution >= 4 is 35.0 Å². The van der Waals surface area contributed by atoms with Crippen molar-refractivity contribution in [3.8, 4) is 11.3 Å². The second-order valence-corrected chi connectivity index (χ2v) is 6.17. The second kappa shape index (κ2) is 7.88. The van der Waals surface area contributed by atoms with Crippen LogP contribution in [-0.2, 0) is 4.79 Å². The first-order valence-electron chi connectivity index (χ1n) is 8.03. The monoisotopic (exact) mass is 382 g/mol. The number of hydrogen-bond donors (Lipinski definition) is 1. The molecule has 1 amide bonds. The van der Waals surface area contributed by atoms with E-state index in [4.69, 9.17) is 16.0 Å². The van der Waals surface area contributed by atoms with Gasteiger partial charge in [-0.05, 0) is 55.5 Å². The van der Waals surface area contributed by atoms with E-state index in [1.54, 1.807) is 37.3 Å². The normalized spacial score (nSPS) is 10.9. The Hall–Kier alpha value is -3.38. The molecule has 0 spiro atoms. The molecule has 0 bridgehead atoms. The Kier molecular flexibility index (Phi) is 5.38. The number of carbonyl (C=O) groups is 1. The summed E-state index contributed by atoms with van der Waals surface area (Å²) in [5, 5.41) is 14.2. The summed E-state index contributed by atoms with van der Waals surface area (Å²) in [4.78, 5) is 22.6. The van der Waals surface area contributed by atoms with E-state index in [0.717, 1.165) is 5.56 Å². The number of halogens is 1. The van der Waals surface area contributed by atoms with Crippen LogP contribution in [0.2, 0.25) is 5.02 Å². The van der Waals surface area contributed by atoms with Crippen molar-refractivity contribution in [2.24, 2.45) is 0 Å². The van der Waals surface area contributed by atoms with E-state index >= 15 is 0 Å². The van der Waals surface area contributed by atoms with Crippen molar-refractivity contribution in [2.75, 3.05) is 5.32 Å². The molecule has 0 saturated heterocycles. The number of amides is 1. The number of hydrogen-bond acceptors (Lipinski definition) is 4. The fourth-order valence-corrected chi connectivity index (χ4v) is 2.63. The standard InChI is InChI=1S/C20H15ClN2O4/c1-13-17(3-2-4-18(13)23(25)26)22-20(24)12-10-16-9-11-19(27-16)14-5-7-15(21)8-6-14/h2-12H,1H3,(H,22,24)/b12-10+. The Bertz CT molecular complexity index is 1020. The Labute approximate surface area is 160 Å². The first kappa shape index (κ1) is 18.4. The summed E-state index contributed by atoms with van der Waals surface area (Å²) in [6.07, 6.45) is 2.84. The number of nitro groups is 1. The third kappa shape index (κ3) is 4.43. The lowest BCUT2D eigenvalue weighted by Gasteiger charge is -2.06. The summed E-state index contributed by atoms with van der Waals surface area (Å²) in [7, 11) is 0. The highest BCUT2D eigenvalue weighted by Crippen LogP contribution is 2.26. The molecule has 6 nitrogen and oxygen atoms in total. The van der Waals surface area contributed by atoms with Crippen LogP contribution in [0.1, 0.15) is 11.3 Å². The first-order valence-corrected chi connectivity index (χ1v) is 8.40. The lowest BCUT2D eigenvalue weighted by atomic mass is 10.1. The van der Waals surface area contributed by atoms with Crippen LogP contribution in [0.3, 0.4) is 0 Å². The highest BCUT2D eigenvalue weighted by molar-refractivity contribution is 6.30. The average Bonchev–Trinajstić information content (AvgIpc) is 3.11. The second-order valence-electron chi connectivity index (χ2n) is 5.74. The molecule has 1 N–H and O–H groups in total. The van der Waals surface area contributed by atoms with Gasteiger partial charge in [0.25, 0.3) is 5.69 Å². The van der Waals surface area contributed by atoms with Crippen LogP contribution in [0.15, 0.2) is 65.1 Å². The van der Waals surface area contributed by atoms with Crippen LogP contribution in [-0.4, -0.2) is 10.8 Å². The molecule has 3 rings (SSSR count). The van der Waals surface area contributed by atoms with Crippen LogP contribution in [0, 0.1) is 17.0 Å². The van der Waals surface area contributed by atoms with Gasteiger partial charge in [-0.3, -0.25) is 14.9 Å². The minimum atomic E-state index is -0.484. The predicted octanol–water partition coefficient (Wildman–Crippen LogP) is 5.47. The van der Waals surface area contributed by atoms with Crippen LogP contribution >= 0.6 is 11.6 Å². The minimum Gasteiger partial charge on any atom is -0.457 e. The SMILES string of the molecule is Cc1c(NC(=O)/C=C/c2ccc(-c3ccc(Cl)cc3)o2)cccc1[N+](=O)[O-]. The quantitative estimate of drug-likeness (QED) is 0.360. The molecule has 0 aliphatic heterocycles. The molecule has 27 heavy (non-hydrogen) atoms. The highest BCUT2D eigenvalue weighted by atomic mass is 35.5. The van der Waals surface area contributed by atoms with Crippen molar-refractivity contribution in [1.29, 1.82) is 0 Å².